The predicted octanol–water partition coefficient (Wildman–Crippen LogP) is 14.0. The highest BCUT2D eigenvalue weighted by Crippen LogP contribution is 2.53. The maximum atomic E-state index is 6.67. The molecule has 0 N–H and O–H groups in total. The van der Waals surface area contributed by atoms with Crippen molar-refractivity contribution in [1.82, 2.24) is 0 Å². The summed E-state index contributed by atoms with van der Waals surface area (Å²) in [6.07, 6.45) is 0. The molecule has 0 fully saturated rings. The highest BCUT2D eigenvalue weighted by atomic mass is 16.3. The summed E-state index contributed by atoms with van der Waals surface area (Å²) >= 11 is 0. The molecule has 1 aliphatic rings. The lowest BCUT2D eigenvalue weighted by atomic mass is 9.74. The van der Waals surface area contributed by atoms with Crippen LogP contribution in [0, 0.1) is 0 Å². The van der Waals surface area contributed by atoms with Gasteiger partial charge in [0.15, 0.2) is 5.58 Å². The zero-order valence-corrected chi connectivity index (χ0v) is 29.1. The molecule has 0 saturated heterocycles. The second-order valence-electron chi connectivity index (χ2n) is 14.2. The molecule has 0 aliphatic heterocycles. The number of hydrogen-bond donors (Lipinski definition) is 0. The number of benzene rings is 8. The molecule has 2 heterocycles. The van der Waals surface area contributed by atoms with Crippen molar-refractivity contribution in [1.29, 1.82) is 0 Å². The van der Waals surface area contributed by atoms with Crippen molar-refractivity contribution < 1.29 is 8.83 Å². The Balaban J connectivity index is 1.08. The van der Waals surface area contributed by atoms with Crippen LogP contribution in [0.3, 0.4) is 0 Å². The van der Waals surface area contributed by atoms with Gasteiger partial charge in [-0.3, -0.25) is 0 Å². The summed E-state index contributed by atoms with van der Waals surface area (Å²) in [4.78, 5) is 2.28. The van der Waals surface area contributed by atoms with E-state index in [4.69, 9.17) is 8.83 Å². The summed E-state index contributed by atoms with van der Waals surface area (Å²) in [6.45, 7) is 2.36. The van der Waals surface area contributed by atoms with Gasteiger partial charge in [-0.1, -0.05) is 127 Å². The van der Waals surface area contributed by atoms with Gasteiger partial charge < -0.3 is 13.7 Å². The van der Waals surface area contributed by atoms with Gasteiger partial charge in [-0.05, 0) is 94.4 Å². The normalized spacial score (nSPS) is 13.2. The number of para-hydroxylation sites is 2. The zero-order chi connectivity index (χ0) is 35.1. The Kier molecular flexibility index (Phi) is 6.38. The minimum Gasteiger partial charge on any atom is -0.456 e. The maximum absolute atomic E-state index is 6.67. The molecule has 1 aliphatic carbocycles. The van der Waals surface area contributed by atoms with E-state index in [9.17, 15) is 0 Å². The zero-order valence-electron chi connectivity index (χ0n) is 29.1. The number of fused-ring (bicyclic) bond motifs is 9. The van der Waals surface area contributed by atoms with Crippen LogP contribution in [-0.4, -0.2) is 0 Å². The molecule has 0 unspecified atom stereocenters. The Hall–Kier alpha value is -6.84. The summed E-state index contributed by atoms with van der Waals surface area (Å²) in [6, 6.07) is 64.9. The van der Waals surface area contributed by atoms with Gasteiger partial charge in [0.2, 0.25) is 0 Å². The van der Waals surface area contributed by atoms with Gasteiger partial charge in [-0.25, -0.2) is 0 Å². The molecule has 2 aromatic heterocycles. The number of nitrogens with zero attached hydrogens (tertiary/aromatic N) is 1. The second-order valence-corrected chi connectivity index (χ2v) is 14.2. The van der Waals surface area contributed by atoms with Crippen molar-refractivity contribution in [2.75, 3.05) is 4.90 Å². The van der Waals surface area contributed by atoms with Gasteiger partial charge in [0, 0.05) is 38.7 Å². The van der Waals surface area contributed by atoms with Crippen molar-refractivity contribution in [2.24, 2.45) is 0 Å². The first-order valence-corrected chi connectivity index (χ1v) is 18.2. The van der Waals surface area contributed by atoms with Crippen LogP contribution in [0.5, 0.6) is 0 Å². The van der Waals surface area contributed by atoms with E-state index in [0.717, 1.165) is 60.9 Å². The van der Waals surface area contributed by atoms with Crippen molar-refractivity contribution in [3.05, 3.63) is 199 Å². The molecular formula is C50H33NO2. The van der Waals surface area contributed by atoms with Crippen molar-refractivity contribution >= 4 is 60.9 Å². The first-order valence-electron chi connectivity index (χ1n) is 18.2. The van der Waals surface area contributed by atoms with Gasteiger partial charge >= 0.3 is 0 Å². The fraction of sp³-hybridized carbons (Fsp3) is 0.0400. The third-order valence-corrected chi connectivity index (χ3v) is 11.4. The van der Waals surface area contributed by atoms with Crippen molar-refractivity contribution in [2.45, 2.75) is 12.3 Å². The molecule has 250 valence electrons. The van der Waals surface area contributed by atoms with Gasteiger partial charge in [-0.15, -0.1) is 0 Å². The number of anilines is 3. The lowest BCUT2D eigenvalue weighted by Gasteiger charge is -2.28. The summed E-state index contributed by atoms with van der Waals surface area (Å²) in [5.74, 6) is 0. The predicted molar refractivity (Wildman–Crippen MR) is 219 cm³/mol. The van der Waals surface area contributed by atoms with E-state index in [1.165, 1.54) is 38.9 Å². The van der Waals surface area contributed by atoms with E-state index < -0.39 is 0 Å². The van der Waals surface area contributed by atoms with Gasteiger partial charge in [0.05, 0.1) is 11.4 Å². The Morgan fingerprint density at radius 1 is 0.415 bits per heavy atom. The average Bonchev–Trinajstić information content (AvgIpc) is 3.87. The molecule has 10 aromatic rings. The molecule has 0 atom stereocenters. The lowest BCUT2D eigenvalue weighted by Crippen LogP contribution is -2.22. The van der Waals surface area contributed by atoms with Crippen LogP contribution in [0.15, 0.2) is 191 Å². The number of furan rings is 2. The van der Waals surface area contributed by atoms with E-state index in [-0.39, 0.29) is 5.41 Å². The van der Waals surface area contributed by atoms with E-state index in [0.29, 0.717) is 0 Å². The van der Waals surface area contributed by atoms with Crippen LogP contribution >= 0.6 is 0 Å². The maximum Gasteiger partial charge on any atom is 0.159 e. The summed E-state index contributed by atoms with van der Waals surface area (Å²) in [5, 5.41) is 4.40. The number of hydrogen-bond acceptors (Lipinski definition) is 3. The summed E-state index contributed by atoms with van der Waals surface area (Å²) < 4.78 is 13.3. The minimum atomic E-state index is -0.279. The molecule has 11 rings (SSSR count). The van der Waals surface area contributed by atoms with Crippen LogP contribution in [0.1, 0.15) is 23.6 Å². The Labute approximate surface area is 307 Å². The van der Waals surface area contributed by atoms with Crippen molar-refractivity contribution in [3.8, 4) is 22.3 Å². The monoisotopic (exact) mass is 679 g/mol. The lowest BCUT2D eigenvalue weighted by molar-refractivity contribution is 0.666. The molecule has 3 nitrogen and oxygen atoms in total. The third kappa shape index (κ3) is 4.41. The van der Waals surface area contributed by atoms with Crippen LogP contribution in [0.2, 0.25) is 0 Å². The number of rotatable bonds is 5. The van der Waals surface area contributed by atoms with Gasteiger partial charge in [0.25, 0.3) is 0 Å². The highest BCUT2D eigenvalue weighted by molar-refractivity contribution is 6.11. The SMILES string of the molecule is CC1(c2ccc3oc4cc(N(c5ccc(-c6ccccc6)cc5)c5cccc6c5oc5ccccc56)ccc4c3c2)c2ccccc2-c2ccccc21. The standard InChI is InChI=1S/C50H33NO2/c1-50(43-18-8-5-14-37(43)38-15-6-9-19-44(38)50)34-24-29-47-42(30-34)40-28-27-36(31-48(40)52-47)51(35-25-22-33(23-26-35)32-12-3-2-4-13-32)45-20-11-17-41-39-16-7-10-21-46(39)53-49(41)45/h2-31H,1H3. The molecule has 3 heteroatoms. The molecule has 0 radical (unpaired) electrons. The highest BCUT2D eigenvalue weighted by Gasteiger charge is 2.40. The Bertz CT molecular complexity index is 2980. The largest absolute Gasteiger partial charge is 0.456 e. The smallest absolute Gasteiger partial charge is 0.159 e. The first-order chi connectivity index (χ1) is 26.1. The van der Waals surface area contributed by atoms with E-state index in [1.54, 1.807) is 0 Å². The molecule has 0 bridgehead atoms. The van der Waals surface area contributed by atoms with E-state index in [2.05, 4.69) is 182 Å². The molecule has 0 spiro atoms. The summed E-state index contributed by atoms with van der Waals surface area (Å²) in [7, 11) is 0. The van der Waals surface area contributed by atoms with Crippen LogP contribution < -0.4 is 4.90 Å². The fourth-order valence-corrected chi connectivity index (χ4v) is 8.75. The molecular weight excluding hydrogens is 647 g/mol. The molecule has 53 heavy (non-hydrogen) atoms. The molecule has 0 saturated carbocycles. The quantitative estimate of drug-likeness (QED) is 0.181. The fourth-order valence-electron chi connectivity index (χ4n) is 8.75. The van der Waals surface area contributed by atoms with Gasteiger partial charge in [0.1, 0.15) is 16.7 Å². The summed E-state index contributed by atoms with van der Waals surface area (Å²) in [5.41, 5.74) is 15.1. The third-order valence-electron chi connectivity index (χ3n) is 11.4. The van der Waals surface area contributed by atoms with E-state index >= 15 is 0 Å². The van der Waals surface area contributed by atoms with Crippen LogP contribution in [-0.2, 0) is 5.41 Å². The second kappa shape index (κ2) is 11.3. The van der Waals surface area contributed by atoms with Crippen LogP contribution in [0.25, 0.3) is 66.1 Å². The minimum absolute atomic E-state index is 0.279. The first kappa shape index (κ1) is 29.8. The molecule has 0 amide bonds. The molecule has 8 aromatic carbocycles. The average molecular weight is 680 g/mol. The van der Waals surface area contributed by atoms with Crippen molar-refractivity contribution in [3.63, 3.8) is 0 Å². The van der Waals surface area contributed by atoms with Gasteiger partial charge in [-0.2, -0.15) is 0 Å². The van der Waals surface area contributed by atoms with Crippen LogP contribution in [0.4, 0.5) is 17.1 Å². The Morgan fingerprint density at radius 3 is 1.83 bits per heavy atom. The topological polar surface area (TPSA) is 29.5 Å². The van der Waals surface area contributed by atoms with E-state index in [1.807, 2.05) is 12.1 Å². The Morgan fingerprint density at radius 2 is 1.04 bits per heavy atom.